The van der Waals surface area contributed by atoms with Crippen LogP contribution >= 0.6 is 11.6 Å². The van der Waals surface area contributed by atoms with E-state index in [1.54, 1.807) is 6.07 Å². The molecule has 0 spiro atoms. The molecule has 0 saturated heterocycles. The summed E-state index contributed by atoms with van der Waals surface area (Å²) in [7, 11) is 0. The van der Waals surface area contributed by atoms with Gasteiger partial charge in [0.15, 0.2) is 0 Å². The summed E-state index contributed by atoms with van der Waals surface area (Å²) < 4.78 is 13.6. The van der Waals surface area contributed by atoms with Crippen LogP contribution in [0.5, 0.6) is 0 Å². The average Bonchev–Trinajstić information content (AvgIpc) is 2.31. The minimum atomic E-state index is -0.756. The van der Waals surface area contributed by atoms with Crippen LogP contribution in [0.2, 0.25) is 0 Å². The molecule has 0 radical (unpaired) electrons. The summed E-state index contributed by atoms with van der Waals surface area (Å²) >= 11 is 5.71. The van der Waals surface area contributed by atoms with Crippen LogP contribution in [0.3, 0.4) is 0 Å². The Morgan fingerprint density at radius 1 is 1.59 bits per heavy atom. The fourth-order valence-corrected chi connectivity index (χ4v) is 1.51. The van der Waals surface area contributed by atoms with Crippen LogP contribution in [0, 0.1) is 17.1 Å². The van der Waals surface area contributed by atoms with E-state index in [-0.39, 0.29) is 18.7 Å². The zero-order valence-corrected chi connectivity index (χ0v) is 10.1. The van der Waals surface area contributed by atoms with E-state index in [2.05, 4.69) is 0 Å². The number of benzene rings is 1. The molecular weight excluding hydrogens is 243 g/mol. The lowest BCUT2D eigenvalue weighted by atomic mass is 10.2. The molecule has 1 aromatic rings. The van der Waals surface area contributed by atoms with Gasteiger partial charge in [0.1, 0.15) is 11.2 Å². The minimum absolute atomic E-state index is 0.129. The minimum Gasteiger partial charge on any atom is -0.307 e. The maximum absolute atomic E-state index is 13.6. The predicted octanol–water partition coefficient (Wildman–Crippen LogP) is 2.70. The van der Waals surface area contributed by atoms with E-state index in [4.69, 9.17) is 16.9 Å². The molecule has 0 aliphatic heterocycles. The number of carbonyl (C=O) groups is 1. The second-order valence-electron chi connectivity index (χ2n) is 3.47. The Morgan fingerprint density at radius 2 is 2.24 bits per heavy atom. The fraction of sp³-hybridized carbons (Fsp3) is 0.333. The lowest BCUT2D eigenvalue weighted by Gasteiger charge is -2.23. The van der Waals surface area contributed by atoms with Gasteiger partial charge in [0.05, 0.1) is 18.2 Å². The number of carbonyl (C=O) groups excluding carboxylic acids is 1. The Bertz CT molecular complexity index is 442. The van der Waals surface area contributed by atoms with Crippen LogP contribution in [-0.4, -0.2) is 17.8 Å². The third kappa shape index (κ3) is 3.43. The maximum atomic E-state index is 13.6. The fourth-order valence-electron chi connectivity index (χ4n) is 1.40. The highest BCUT2D eigenvalue weighted by Gasteiger charge is 2.22. The first-order chi connectivity index (χ1) is 8.07. The van der Waals surface area contributed by atoms with Gasteiger partial charge in [0.25, 0.3) is 0 Å². The molecule has 1 amide bonds. The van der Waals surface area contributed by atoms with Crippen LogP contribution in [-0.2, 0) is 4.79 Å². The lowest BCUT2D eigenvalue weighted by molar-refractivity contribution is -0.118. The quantitative estimate of drug-likeness (QED) is 0.776. The van der Waals surface area contributed by atoms with E-state index >= 15 is 0 Å². The van der Waals surface area contributed by atoms with Crippen molar-refractivity contribution in [1.82, 2.24) is 0 Å². The van der Waals surface area contributed by atoms with Gasteiger partial charge in [-0.1, -0.05) is 12.1 Å². The molecule has 17 heavy (non-hydrogen) atoms. The van der Waals surface area contributed by atoms with Gasteiger partial charge in [-0.25, -0.2) is 4.39 Å². The van der Waals surface area contributed by atoms with Gasteiger partial charge in [0.2, 0.25) is 5.91 Å². The monoisotopic (exact) mass is 254 g/mol. The normalized spacial score (nSPS) is 11.6. The van der Waals surface area contributed by atoms with Crippen LogP contribution < -0.4 is 4.90 Å². The highest BCUT2D eigenvalue weighted by Crippen LogP contribution is 2.20. The Labute approximate surface area is 104 Å². The number of anilines is 1. The summed E-state index contributed by atoms with van der Waals surface area (Å²) in [6.45, 7) is 1.65. The van der Waals surface area contributed by atoms with Crippen molar-refractivity contribution in [2.45, 2.75) is 18.7 Å². The molecule has 0 saturated carbocycles. The van der Waals surface area contributed by atoms with Gasteiger partial charge in [-0.05, 0) is 19.1 Å². The molecule has 1 unspecified atom stereocenters. The number of hydrogen-bond donors (Lipinski definition) is 0. The largest absolute Gasteiger partial charge is 0.307 e. The molecule has 0 bridgehead atoms. The smallest absolute Gasteiger partial charge is 0.244 e. The van der Waals surface area contributed by atoms with E-state index in [1.807, 2.05) is 6.07 Å². The first-order valence-corrected chi connectivity index (χ1v) is 5.58. The summed E-state index contributed by atoms with van der Waals surface area (Å²) in [5.74, 6) is -0.914. The van der Waals surface area contributed by atoms with Crippen LogP contribution in [0.25, 0.3) is 0 Å². The number of nitrogens with zero attached hydrogens (tertiary/aromatic N) is 2. The van der Waals surface area contributed by atoms with Gasteiger partial charge in [-0.15, -0.1) is 11.6 Å². The molecule has 90 valence electrons. The number of alkyl halides is 1. The SMILES string of the molecule is CC(Cl)C(=O)N(CCC#N)c1ccccc1F. The zero-order chi connectivity index (χ0) is 12.8. The molecule has 0 fully saturated rings. The van der Waals surface area contributed by atoms with Gasteiger partial charge in [-0.3, -0.25) is 4.79 Å². The Balaban J connectivity index is 3.03. The molecule has 1 rings (SSSR count). The van der Waals surface area contributed by atoms with Crippen LogP contribution in [0.1, 0.15) is 13.3 Å². The zero-order valence-electron chi connectivity index (χ0n) is 9.36. The van der Waals surface area contributed by atoms with E-state index in [1.165, 1.54) is 30.0 Å². The lowest BCUT2D eigenvalue weighted by Crippen LogP contribution is -2.37. The second-order valence-corrected chi connectivity index (χ2v) is 4.12. The van der Waals surface area contributed by atoms with Crippen molar-refractivity contribution < 1.29 is 9.18 Å². The number of halogens is 2. The third-order valence-electron chi connectivity index (χ3n) is 2.20. The van der Waals surface area contributed by atoms with Gasteiger partial charge in [0, 0.05) is 6.54 Å². The van der Waals surface area contributed by atoms with Crippen molar-refractivity contribution in [1.29, 1.82) is 5.26 Å². The van der Waals surface area contributed by atoms with Gasteiger partial charge >= 0.3 is 0 Å². The van der Waals surface area contributed by atoms with Crippen LogP contribution in [0.15, 0.2) is 24.3 Å². The van der Waals surface area contributed by atoms with Crippen molar-refractivity contribution in [2.24, 2.45) is 0 Å². The predicted molar refractivity (Wildman–Crippen MR) is 64.3 cm³/mol. The Kier molecular flexibility index (Phi) is 4.92. The molecule has 3 nitrogen and oxygen atoms in total. The van der Waals surface area contributed by atoms with Crippen molar-refractivity contribution in [3.8, 4) is 6.07 Å². The number of hydrogen-bond acceptors (Lipinski definition) is 2. The van der Waals surface area contributed by atoms with Crippen molar-refractivity contribution >= 4 is 23.2 Å². The number of rotatable bonds is 4. The molecule has 5 heteroatoms. The molecule has 0 N–H and O–H groups in total. The van der Waals surface area contributed by atoms with Crippen molar-refractivity contribution in [3.63, 3.8) is 0 Å². The molecule has 0 heterocycles. The van der Waals surface area contributed by atoms with E-state index < -0.39 is 17.1 Å². The number of para-hydroxylation sites is 1. The topological polar surface area (TPSA) is 44.1 Å². The standard InChI is InChI=1S/C12H12ClFN2O/c1-9(13)12(17)16(8-4-7-15)11-6-3-2-5-10(11)14/h2-3,5-6,9H,4,8H2,1H3. The van der Waals surface area contributed by atoms with Crippen molar-refractivity contribution in [3.05, 3.63) is 30.1 Å². The van der Waals surface area contributed by atoms with E-state index in [9.17, 15) is 9.18 Å². The van der Waals surface area contributed by atoms with Crippen molar-refractivity contribution in [2.75, 3.05) is 11.4 Å². The summed E-state index contributed by atoms with van der Waals surface area (Å²) in [5, 5.41) is 7.78. The first-order valence-electron chi connectivity index (χ1n) is 5.15. The molecule has 1 aromatic carbocycles. The molecule has 0 aromatic heterocycles. The molecule has 0 aliphatic carbocycles. The van der Waals surface area contributed by atoms with Gasteiger partial charge < -0.3 is 4.90 Å². The molecule has 0 aliphatic rings. The number of nitriles is 1. The highest BCUT2D eigenvalue weighted by molar-refractivity contribution is 6.32. The maximum Gasteiger partial charge on any atom is 0.244 e. The van der Waals surface area contributed by atoms with Gasteiger partial charge in [-0.2, -0.15) is 5.26 Å². The summed E-state index contributed by atoms with van der Waals surface area (Å²) in [6.07, 6.45) is 0.129. The molecular formula is C12H12ClFN2O. The third-order valence-corrected chi connectivity index (χ3v) is 2.38. The summed E-state index contributed by atoms with van der Waals surface area (Å²) in [4.78, 5) is 13.0. The van der Waals surface area contributed by atoms with E-state index in [0.717, 1.165) is 0 Å². The van der Waals surface area contributed by atoms with E-state index in [0.29, 0.717) is 0 Å². The Hall–Kier alpha value is -1.60. The highest BCUT2D eigenvalue weighted by atomic mass is 35.5. The second kappa shape index (κ2) is 6.21. The number of amides is 1. The first kappa shape index (κ1) is 13.5. The Morgan fingerprint density at radius 3 is 2.76 bits per heavy atom. The summed E-state index contributed by atoms with van der Waals surface area (Å²) in [6, 6.07) is 7.84. The average molecular weight is 255 g/mol. The van der Waals surface area contributed by atoms with Crippen LogP contribution in [0.4, 0.5) is 10.1 Å². The molecule has 1 atom stereocenters. The summed E-state index contributed by atoms with van der Waals surface area (Å²) in [5.41, 5.74) is 0.153.